The van der Waals surface area contributed by atoms with E-state index in [4.69, 9.17) is 40.5 Å². The second-order valence-corrected chi connectivity index (χ2v) is 8.75. The highest BCUT2D eigenvalue weighted by Gasteiger charge is 2.32. The summed E-state index contributed by atoms with van der Waals surface area (Å²) < 4.78 is 0.352. The molecule has 1 fully saturated rings. The number of carbonyl (C=O) groups excluding carboxylic acids is 1. The zero-order valence-corrected chi connectivity index (χ0v) is 16.9. The molecule has 0 saturated carbocycles. The van der Waals surface area contributed by atoms with E-state index in [9.17, 15) is 9.59 Å². The molecule has 0 bridgehead atoms. The number of thiazole rings is 1. The predicted molar refractivity (Wildman–Crippen MR) is 110 cm³/mol. The monoisotopic (exact) mass is 444 g/mol. The highest BCUT2D eigenvalue weighted by atomic mass is 35.5. The lowest BCUT2D eigenvalue weighted by atomic mass is 10.2. The van der Waals surface area contributed by atoms with Crippen LogP contribution in [0.15, 0.2) is 29.3 Å². The van der Waals surface area contributed by atoms with Gasteiger partial charge in [0.1, 0.15) is 9.33 Å². The van der Waals surface area contributed by atoms with Crippen LogP contribution in [0.3, 0.4) is 0 Å². The maximum Gasteiger partial charge on any atom is 0.305 e. The Hall–Kier alpha value is -1.45. The number of nitrogens with zero attached hydrogens (tertiary/aromatic N) is 2. The van der Waals surface area contributed by atoms with Gasteiger partial charge in [-0.2, -0.15) is 0 Å². The van der Waals surface area contributed by atoms with Crippen molar-refractivity contribution in [2.24, 2.45) is 0 Å². The van der Waals surface area contributed by atoms with Crippen molar-refractivity contribution in [1.82, 2.24) is 9.88 Å². The molecular formula is C16H10Cl2N2O3S3. The standard InChI is InChI=1S/C16H10Cl2N2O3S3/c17-8-1-2-11(18)10(5-8)14-19-7-9(25-14)6-12-15(23)20(16(24)26-12)4-3-13(21)22/h1-2,5-7H,3-4H2,(H,21,22)/b12-6-. The van der Waals surface area contributed by atoms with Gasteiger partial charge in [0.2, 0.25) is 0 Å². The SMILES string of the molecule is O=C(O)CCN1C(=O)/C(=C/c2cnc(-c3cc(Cl)ccc3Cl)s2)SC1=S. The topological polar surface area (TPSA) is 70.5 Å². The minimum Gasteiger partial charge on any atom is -0.481 e. The number of carboxylic acids is 1. The molecule has 1 N–H and O–H groups in total. The number of aliphatic carboxylic acids is 1. The molecule has 2 heterocycles. The Morgan fingerprint density at radius 3 is 2.88 bits per heavy atom. The number of thiocarbonyl (C=S) groups is 1. The summed E-state index contributed by atoms with van der Waals surface area (Å²) in [5.41, 5.74) is 0.720. The average molecular weight is 445 g/mol. The molecule has 1 saturated heterocycles. The molecule has 26 heavy (non-hydrogen) atoms. The summed E-state index contributed by atoms with van der Waals surface area (Å²) in [6.07, 6.45) is 3.18. The minimum absolute atomic E-state index is 0.0589. The number of carboxylic acid groups (broad SMARTS) is 1. The van der Waals surface area contributed by atoms with Gasteiger partial charge in [-0.15, -0.1) is 11.3 Å². The Kier molecular flexibility index (Phi) is 5.99. The molecule has 10 heteroatoms. The van der Waals surface area contributed by atoms with E-state index in [1.54, 1.807) is 30.5 Å². The lowest BCUT2D eigenvalue weighted by molar-refractivity contribution is -0.137. The summed E-state index contributed by atoms with van der Waals surface area (Å²) in [5.74, 6) is -1.27. The largest absolute Gasteiger partial charge is 0.481 e. The molecule has 0 atom stereocenters. The number of hydrogen-bond donors (Lipinski definition) is 1. The molecule has 5 nitrogen and oxygen atoms in total. The summed E-state index contributed by atoms with van der Waals surface area (Å²) in [4.78, 5) is 29.9. The van der Waals surface area contributed by atoms with Crippen LogP contribution in [0.25, 0.3) is 16.6 Å². The van der Waals surface area contributed by atoms with Crippen LogP contribution in [0.5, 0.6) is 0 Å². The number of halogens is 2. The Labute approximate surface area is 172 Å². The van der Waals surface area contributed by atoms with Crippen LogP contribution in [0.2, 0.25) is 10.0 Å². The molecule has 134 valence electrons. The van der Waals surface area contributed by atoms with Crippen LogP contribution in [0.4, 0.5) is 0 Å². The number of thioether (sulfide) groups is 1. The van der Waals surface area contributed by atoms with E-state index in [2.05, 4.69) is 4.98 Å². The van der Waals surface area contributed by atoms with Crippen molar-refractivity contribution < 1.29 is 14.7 Å². The molecule has 1 aliphatic rings. The number of aromatic nitrogens is 1. The van der Waals surface area contributed by atoms with Gasteiger partial charge in [0.15, 0.2) is 0 Å². The van der Waals surface area contributed by atoms with E-state index in [0.29, 0.717) is 24.3 Å². The quantitative estimate of drug-likeness (QED) is 0.527. The summed E-state index contributed by atoms with van der Waals surface area (Å²) in [7, 11) is 0. The molecule has 2 aromatic rings. The van der Waals surface area contributed by atoms with E-state index < -0.39 is 5.97 Å². The lowest BCUT2D eigenvalue weighted by Gasteiger charge is -2.12. The van der Waals surface area contributed by atoms with Gasteiger partial charge in [0.25, 0.3) is 5.91 Å². The molecule has 0 aliphatic carbocycles. The third kappa shape index (κ3) is 4.27. The van der Waals surface area contributed by atoms with Gasteiger partial charge in [-0.05, 0) is 24.3 Å². The third-order valence-corrected chi connectivity index (χ3v) is 6.30. The molecule has 0 radical (unpaired) electrons. The first-order chi connectivity index (χ1) is 12.3. The number of hydrogen-bond acceptors (Lipinski definition) is 6. The summed E-state index contributed by atoms with van der Waals surface area (Å²) >= 11 is 19.9. The molecule has 0 spiro atoms. The second-order valence-electron chi connectivity index (χ2n) is 5.17. The molecule has 1 amide bonds. The van der Waals surface area contributed by atoms with Gasteiger partial charge >= 0.3 is 5.97 Å². The number of amides is 1. The summed E-state index contributed by atoms with van der Waals surface area (Å²) in [6.45, 7) is 0.0589. The Balaban J connectivity index is 1.82. The summed E-state index contributed by atoms with van der Waals surface area (Å²) in [5, 5.41) is 10.5. The van der Waals surface area contributed by atoms with Gasteiger partial charge in [-0.3, -0.25) is 14.5 Å². The molecule has 1 aliphatic heterocycles. The molecule has 0 unspecified atom stereocenters. The van der Waals surface area contributed by atoms with Crippen molar-refractivity contribution in [2.45, 2.75) is 6.42 Å². The van der Waals surface area contributed by atoms with E-state index in [0.717, 1.165) is 22.2 Å². The normalized spacial score (nSPS) is 15.9. The van der Waals surface area contributed by atoms with Crippen molar-refractivity contribution >= 4 is 80.8 Å². The molecule has 1 aromatic carbocycles. The van der Waals surface area contributed by atoms with E-state index >= 15 is 0 Å². The number of carbonyl (C=O) groups is 2. The first kappa shape index (κ1) is 19.3. The maximum atomic E-state index is 12.4. The average Bonchev–Trinajstić information content (AvgIpc) is 3.14. The van der Waals surface area contributed by atoms with Crippen LogP contribution in [0, 0.1) is 0 Å². The Bertz CT molecular complexity index is 943. The van der Waals surface area contributed by atoms with Crippen molar-refractivity contribution in [2.75, 3.05) is 6.54 Å². The van der Waals surface area contributed by atoms with Crippen LogP contribution < -0.4 is 0 Å². The van der Waals surface area contributed by atoms with Crippen LogP contribution in [-0.2, 0) is 9.59 Å². The Morgan fingerprint density at radius 1 is 1.38 bits per heavy atom. The third-order valence-electron chi connectivity index (χ3n) is 3.38. The van der Waals surface area contributed by atoms with Crippen molar-refractivity contribution in [3.05, 3.63) is 44.2 Å². The van der Waals surface area contributed by atoms with Gasteiger partial charge in [-0.25, -0.2) is 4.98 Å². The van der Waals surface area contributed by atoms with Crippen molar-refractivity contribution in [1.29, 1.82) is 0 Å². The highest BCUT2D eigenvalue weighted by molar-refractivity contribution is 8.26. The fourth-order valence-electron chi connectivity index (χ4n) is 2.17. The van der Waals surface area contributed by atoms with Gasteiger partial charge in [-0.1, -0.05) is 47.2 Å². The smallest absolute Gasteiger partial charge is 0.305 e. The predicted octanol–water partition coefficient (Wildman–Crippen LogP) is 4.79. The van der Waals surface area contributed by atoms with E-state index in [1.807, 2.05) is 0 Å². The number of rotatable bonds is 5. The number of benzene rings is 1. The maximum absolute atomic E-state index is 12.4. The zero-order chi connectivity index (χ0) is 18.8. The zero-order valence-electron chi connectivity index (χ0n) is 12.9. The van der Waals surface area contributed by atoms with Crippen molar-refractivity contribution in [3.63, 3.8) is 0 Å². The minimum atomic E-state index is -0.978. The molecular weight excluding hydrogens is 435 g/mol. The van der Waals surface area contributed by atoms with Crippen LogP contribution in [-0.4, -0.2) is 37.7 Å². The van der Waals surface area contributed by atoms with E-state index in [-0.39, 0.29) is 18.9 Å². The fourth-order valence-corrected chi connectivity index (χ4v) is 4.87. The fraction of sp³-hybridized carbons (Fsp3) is 0.125. The van der Waals surface area contributed by atoms with E-state index in [1.165, 1.54) is 16.2 Å². The van der Waals surface area contributed by atoms with Gasteiger partial charge in [0, 0.05) is 28.2 Å². The Morgan fingerprint density at radius 2 is 2.15 bits per heavy atom. The lowest BCUT2D eigenvalue weighted by Crippen LogP contribution is -2.30. The molecule has 1 aromatic heterocycles. The highest BCUT2D eigenvalue weighted by Crippen LogP contribution is 2.37. The first-order valence-electron chi connectivity index (χ1n) is 7.23. The summed E-state index contributed by atoms with van der Waals surface area (Å²) in [6, 6.07) is 5.14. The second kappa shape index (κ2) is 8.06. The van der Waals surface area contributed by atoms with Crippen LogP contribution >= 0.6 is 58.5 Å². The first-order valence-corrected chi connectivity index (χ1v) is 10.0. The van der Waals surface area contributed by atoms with Gasteiger partial charge in [0.05, 0.1) is 16.3 Å². The molecule has 3 rings (SSSR count). The van der Waals surface area contributed by atoms with Crippen molar-refractivity contribution in [3.8, 4) is 10.6 Å². The van der Waals surface area contributed by atoms with Gasteiger partial charge < -0.3 is 5.11 Å². The van der Waals surface area contributed by atoms with Crippen LogP contribution in [0.1, 0.15) is 11.3 Å².